The summed E-state index contributed by atoms with van der Waals surface area (Å²) in [5, 5.41) is 10.8. The number of nitrogens with zero attached hydrogens (tertiary/aromatic N) is 4. The maximum Gasteiger partial charge on any atom is 0.317 e. The predicted octanol–water partition coefficient (Wildman–Crippen LogP) is 1.17. The van der Waals surface area contributed by atoms with Crippen LogP contribution in [0.3, 0.4) is 0 Å². The molecule has 3 amide bonds. The van der Waals surface area contributed by atoms with Crippen molar-refractivity contribution in [2.45, 2.75) is 76.4 Å². The van der Waals surface area contributed by atoms with Crippen molar-refractivity contribution in [1.29, 1.82) is 0 Å². The van der Waals surface area contributed by atoms with Gasteiger partial charge in [0, 0.05) is 31.0 Å². The summed E-state index contributed by atoms with van der Waals surface area (Å²) in [6, 6.07) is -0.0357. The smallest absolute Gasteiger partial charge is 0.317 e. The van der Waals surface area contributed by atoms with Crippen molar-refractivity contribution in [2.75, 3.05) is 13.1 Å². The number of hydrogen-bond donors (Lipinski definition) is 2. The van der Waals surface area contributed by atoms with E-state index in [1.807, 2.05) is 25.7 Å². The van der Waals surface area contributed by atoms with E-state index in [0.717, 1.165) is 37.3 Å². The van der Waals surface area contributed by atoms with Gasteiger partial charge >= 0.3 is 6.03 Å². The summed E-state index contributed by atoms with van der Waals surface area (Å²) < 4.78 is 1.77. The Kier molecular flexibility index (Phi) is 3.96. The number of amides is 3. The van der Waals surface area contributed by atoms with Gasteiger partial charge in [-0.05, 0) is 46.5 Å². The molecule has 0 aromatic carbocycles. The van der Waals surface area contributed by atoms with Crippen LogP contribution in [0.5, 0.6) is 0 Å². The van der Waals surface area contributed by atoms with E-state index < -0.39 is 0 Å². The standard InChI is InChI=1S/C18H28N6O2/c1-17(2,3)21-16(26)23-8-6-18(7-9-23)10-13-19-15(12-4-5-12)22-24(13)11-14(25)20-18/h12H,4-11H2,1-3H3,(H,20,25)(H,21,26). The number of nitrogens with one attached hydrogen (secondary N) is 2. The number of urea groups is 1. The molecule has 1 aromatic rings. The molecule has 0 unspecified atom stereocenters. The molecule has 0 atom stereocenters. The minimum absolute atomic E-state index is 0.0106. The summed E-state index contributed by atoms with van der Waals surface area (Å²) in [6.07, 6.45) is 4.47. The van der Waals surface area contributed by atoms with E-state index in [-0.39, 0.29) is 29.6 Å². The highest BCUT2D eigenvalue weighted by atomic mass is 16.2. The van der Waals surface area contributed by atoms with Crippen LogP contribution in [0, 0.1) is 0 Å². The third-order valence-electron chi connectivity index (χ3n) is 5.39. The minimum atomic E-state index is -0.322. The van der Waals surface area contributed by atoms with Gasteiger partial charge in [0.25, 0.3) is 0 Å². The second-order valence-corrected chi connectivity index (χ2v) is 8.99. The minimum Gasteiger partial charge on any atom is -0.348 e. The fourth-order valence-corrected chi connectivity index (χ4v) is 3.82. The first kappa shape index (κ1) is 17.3. The number of hydrogen-bond acceptors (Lipinski definition) is 4. The third-order valence-corrected chi connectivity index (χ3v) is 5.39. The third kappa shape index (κ3) is 3.54. The zero-order valence-electron chi connectivity index (χ0n) is 15.8. The van der Waals surface area contributed by atoms with Crippen LogP contribution in [0.1, 0.15) is 64.0 Å². The SMILES string of the molecule is CC(C)(C)NC(=O)N1CCC2(CC1)Cc1nc(C3CC3)nn1CC(=O)N2. The van der Waals surface area contributed by atoms with Crippen LogP contribution in [0.25, 0.3) is 0 Å². The van der Waals surface area contributed by atoms with Crippen molar-refractivity contribution in [3.63, 3.8) is 0 Å². The van der Waals surface area contributed by atoms with Gasteiger partial charge in [0.1, 0.15) is 12.4 Å². The van der Waals surface area contributed by atoms with Crippen LogP contribution in [0.4, 0.5) is 4.79 Å². The van der Waals surface area contributed by atoms with Crippen LogP contribution in [0.15, 0.2) is 0 Å². The average molecular weight is 360 g/mol. The quantitative estimate of drug-likeness (QED) is 0.786. The van der Waals surface area contributed by atoms with Gasteiger partial charge in [0.2, 0.25) is 5.91 Å². The summed E-state index contributed by atoms with van der Waals surface area (Å²) in [4.78, 5) is 31.4. The largest absolute Gasteiger partial charge is 0.348 e. The number of rotatable bonds is 1. The molecule has 1 aliphatic carbocycles. The highest BCUT2D eigenvalue weighted by molar-refractivity contribution is 5.77. The lowest BCUT2D eigenvalue weighted by molar-refractivity contribution is -0.123. The van der Waals surface area contributed by atoms with Crippen molar-refractivity contribution in [2.24, 2.45) is 0 Å². The number of carbonyl (C=O) groups excluding carboxylic acids is 2. The normalized spacial score (nSPS) is 22.6. The Morgan fingerprint density at radius 1 is 1.27 bits per heavy atom. The zero-order chi connectivity index (χ0) is 18.5. The number of piperidine rings is 1. The zero-order valence-corrected chi connectivity index (χ0v) is 15.8. The summed E-state index contributed by atoms with van der Waals surface area (Å²) in [5.74, 6) is 2.27. The van der Waals surface area contributed by atoms with E-state index in [1.54, 1.807) is 4.68 Å². The lowest BCUT2D eigenvalue weighted by atomic mass is 9.84. The van der Waals surface area contributed by atoms with Gasteiger partial charge in [-0.1, -0.05) is 0 Å². The van der Waals surface area contributed by atoms with Gasteiger partial charge in [-0.15, -0.1) is 0 Å². The molecule has 142 valence electrons. The Labute approximate surface area is 153 Å². The molecule has 26 heavy (non-hydrogen) atoms. The lowest BCUT2D eigenvalue weighted by Gasteiger charge is -2.42. The molecular formula is C18H28N6O2. The number of fused-ring (bicyclic) bond motifs is 1. The number of aromatic nitrogens is 3. The van der Waals surface area contributed by atoms with Gasteiger partial charge in [-0.3, -0.25) is 4.79 Å². The van der Waals surface area contributed by atoms with Crippen molar-refractivity contribution in [3.8, 4) is 0 Å². The highest BCUT2D eigenvalue weighted by Crippen LogP contribution is 2.38. The monoisotopic (exact) mass is 360 g/mol. The summed E-state index contributed by atoms with van der Waals surface area (Å²) in [7, 11) is 0. The van der Waals surface area contributed by atoms with Gasteiger partial charge in [-0.25, -0.2) is 14.5 Å². The molecule has 8 heteroatoms. The lowest BCUT2D eigenvalue weighted by Crippen LogP contribution is -2.59. The summed E-state index contributed by atoms with van der Waals surface area (Å²) in [6.45, 7) is 7.44. The molecular weight excluding hydrogens is 332 g/mol. The molecule has 1 saturated heterocycles. The second kappa shape index (κ2) is 5.96. The van der Waals surface area contributed by atoms with E-state index in [1.165, 1.54) is 0 Å². The fourth-order valence-electron chi connectivity index (χ4n) is 3.82. The Morgan fingerprint density at radius 2 is 1.96 bits per heavy atom. The van der Waals surface area contributed by atoms with E-state index in [4.69, 9.17) is 4.98 Å². The molecule has 3 heterocycles. The second-order valence-electron chi connectivity index (χ2n) is 8.99. The first-order chi connectivity index (χ1) is 12.2. The average Bonchev–Trinajstić information content (AvgIpc) is 3.31. The van der Waals surface area contributed by atoms with E-state index in [2.05, 4.69) is 15.7 Å². The van der Waals surface area contributed by atoms with Crippen LogP contribution < -0.4 is 10.6 Å². The molecule has 8 nitrogen and oxygen atoms in total. The van der Waals surface area contributed by atoms with Crippen LogP contribution in [-0.4, -0.2) is 55.8 Å². The van der Waals surface area contributed by atoms with Gasteiger partial charge in [-0.2, -0.15) is 5.10 Å². The van der Waals surface area contributed by atoms with Crippen molar-refractivity contribution < 1.29 is 9.59 Å². The van der Waals surface area contributed by atoms with Gasteiger partial charge in [0.05, 0.1) is 5.54 Å². The van der Waals surface area contributed by atoms with Crippen LogP contribution in [-0.2, 0) is 17.8 Å². The fraction of sp³-hybridized carbons (Fsp3) is 0.778. The maximum atomic E-state index is 12.4. The molecule has 2 aliphatic heterocycles. The summed E-state index contributed by atoms with van der Waals surface area (Å²) in [5.41, 5.74) is -0.573. The molecule has 1 aromatic heterocycles. The molecule has 4 rings (SSSR count). The molecule has 3 aliphatic rings. The van der Waals surface area contributed by atoms with Crippen molar-refractivity contribution >= 4 is 11.9 Å². The highest BCUT2D eigenvalue weighted by Gasteiger charge is 2.41. The van der Waals surface area contributed by atoms with Crippen molar-refractivity contribution in [3.05, 3.63) is 11.6 Å². The van der Waals surface area contributed by atoms with E-state index in [0.29, 0.717) is 25.4 Å². The van der Waals surface area contributed by atoms with E-state index in [9.17, 15) is 9.59 Å². The van der Waals surface area contributed by atoms with E-state index >= 15 is 0 Å². The molecule has 0 bridgehead atoms. The maximum absolute atomic E-state index is 12.4. The molecule has 1 saturated carbocycles. The van der Waals surface area contributed by atoms with Gasteiger partial charge < -0.3 is 15.5 Å². The van der Waals surface area contributed by atoms with Crippen LogP contribution >= 0.6 is 0 Å². The van der Waals surface area contributed by atoms with Crippen LogP contribution in [0.2, 0.25) is 0 Å². The number of likely N-dealkylation sites (tertiary alicyclic amines) is 1. The molecule has 2 N–H and O–H groups in total. The van der Waals surface area contributed by atoms with Gasteiger partial charge in [0.15, 0.2) is 5.82 Å². The Balaban J connectivity index is 1.46. The number of carbonyl (C=O) groups is 2. The Bertz CT molecular complexity index is 723. The Hall–Kier alpha value is -2.12. The van der Waals surface area contributed by atoms with Crippen molar-refractivity contribution in [1.82, 2.24) is 30.3 Å². The Morgan fingerprint density at radius 3 is 2.58 bits per heavy atom. The molecule has 0 radical (unpaired) electrons. The predicted molar refractivity (Wildman–Crippen MR) is 95.7 cm³/mol. The first-order valence-corrected chi connectivity index (χ1v) is 9.55. The molecule has 1 spiro atoms. The molecule has 2 fully saturated rings. The first-order valence-electron chi connectivity index (χ1n) is 9.55. The topological polar surface area (TPSA) is 92.2 Å². The summed E-state index contributed by atoms with van der Waals surface area (Å²) >= 11 is 0.